The van der Waals surface area contributed by atoms with E-state index in [0.717, 1.165) is 19.7 Å². The zero-order chi connectivity index (χ0) is 14.8. The van der Waals surface area contributed by atoms with Gasteiger partial charge in [-0.3, -0.25) is 9.69 Å². The van der Waals surface area contributed by atoms with Gasteiger partial charge in [0.15, 0.2) is 0 Å². The molecule has 3 aliphatic rings. The molecule has 0 aromatic rings. The van der Waals surface area contributed by atoms with Crippen LogP contribution in [-0.2, 0) is 9.53 Å². The van der Waals surface area contributed by atoms with Crippen LogP contribution >= 0.6 is 0 Å². The summed E-state index contributed by atoms with van der Waals surface area (Å²) in [6.45, 7) is 4.41. The van der Waals surface area contributed by atoms with E-state index < -0.39 is 5.97 Å². The van der Waals surface area contributed by atoms with E-state index in [1.165, 1.54) is 12.8 Å². The molecule has 0 aliphatic carbocycles. The number of likely N-dealkylation sites (tertiary alicyclic amines) is 1. The highest BCUT2D eigenvalue weighted by molar-refractivity contribution is 5.75. The summed E-state index contributed by atoms with van der Waals surface area (Å²) < 4.78 is 5.79. The van der Waals surface area contributed by atoms with Gasteiger partial charge in [-0.15, -0.1) is 0 Å². The van der Waals surface area contributed by atoms with Gasteiger partial charge in [0.25, 0.3) is 0 Å². The van der Waals surface area contributed by atoms with Crippen LogP contribution in [0, 0.1) is 5.92 Å². The molecule has 2 atom stereocenters. The van der Waals surface area contributed by atoms with Crippen molar-refractivity contribution in [3.05, 3.63) is 0 Å². The number of morpholine rings is 1. The van der Waals surface area contributed by atoms with E-state index >= 15 is 0 Å². The van der Waals surface area contributed by atoms with Crippen LogP contribution in [0.5, 0.6) is 0 Å². The van der Waals surface area contributed by atoms with E-state index in [2.05, 4.69) is 10.2 Å². The molecule has 3 fully saturated rings. The fourth-order valence-electron chi connectivity index (χ4n) is 3.43. The quantitative estimate of drug-likeness (QED) is 0.761. The molecule has 0 saturated carbocycles. The van der Waals surface area contributed by atoms with Crippen molar-refractivity contribution >= 4 is 12.0 Å². The predicted octanol–water partition coefficient (Wildman–Crippen LogP) is -0.0343. The smallest absolute Gasteiger partial charge is 0.317 e. The second-order valence-electron chi connectivity index (χ2n) is 6.30. The summed E-state index contributed by atoms with van der Waals surface area (Å²) in [6, 6.07) is 0.466. The molecule has 2 N–H and O–H groups in total. The van der Waals surface area contributed by atoms with Gasteiger partial charge in [0, 0.05) is 38.1 Å². The summed E-state index contributed by atoms with van der Waals surface area (Å²) in [5.41, 5.74) is 0. The third kappa shape index (κ3) is 3.47. The Hall–Kier alpha value is -1.34. The molecule has 3 heterocycles. The van der Waals surface area contributed by atoms with Gasteiger partial charge in [-0.25, -0.2) is 4.79 Å². The highest BCUT2D eigenvalue weighted by Gasteiger charge is 2.34. The number of carbonyl (C=O) groups excluding carboxylic acids is 1. The number of nitrogens with zero attached hydrogens (tertiary/aromatic N) is 2. The van der Waals surface area contributed by atoms with Crippen molar-refractivity contribution in [2.75, 3.05) is 39.3 Å². The lowest BCUT2D eigenvalue weighted by Gasteiger charge is -2.39. The van der Waals surface area contributed by atoms with Gasteiger partial charge in [0.2, 0.25) is 0 Å². The molecule has 0 bridgehead atoms. The summed E-state index contributed by atoms with van der Waals surface area (Å²) in [6.07, 6.45) is 2.68. The molecular formula is C14H23N3O4. The molecule has 7 nitrogen and oxygen atoms in total. The molecule has 2 unspecified atom stereocenters. The molecule has 3 aliphatic heterocycles. The summed E-state index contributed by atoms with van der Waals surface area (Å²) in [7, 11) is 0. The average Bonchev–Trinajstić information content (AvgIpc) is 2.86. The molecular weight excluding hydrogens is 274 g/mol. The summed E-state index contributed by atoms with van der Waals surface area (Å²) in [5, 5.41) is 11.6. The number of hydrogen-bond acceptors (Lipinski definition) is 4. The Labute approximate surface area is 124 Å². The normalized spacial score (nSPS) is 29.8. The number of fused-ring (bicyclic) bond motifs is 1. The monoisotopic (exact) mass is 297 g/mol. The van der Waals surface area contributed by atoms with Crippen LogP contribution in [0.4, 0.5) is 4.79 Å². The minimum atomic E-state index is -0.796. The number of urea groups is 1. The first-order valence-corrected chi connectivity index (χ1v) is 7.72. The first-order chi connectivity index (χ1) is 10.1. The molecule has 2 amide bonds. The summed E-state index contributed by atoms with van der Waals surface area (Å²) >= 11 is 0. The van der Waals surface area contributed by atoms with E-state index in [0.29, 0.717) is 25.7 Å². The van der Waals surface area contributed by atoms with Crippen LogP contribution in [0.3, 0.4) is 0 Å². The second kappa shape index (κ2) is 6.19. The largest absolute Gasteiger partial charge is 0.481 e. The van der Waals surface area contributed by atoms with Crippen molar-refractivity contribution in [3.63, 3.8) is 0 Å². The Morgan fingerprint density at radius 2 is 2.10 bits per heavy atom. The van der Waals surface area contributed by atoms with E-state index in [1.54, 1.807) is 4.90 Å². The molecule has 3 rings (SSSR count). The Morgan fingerprint density at radius 3 is 2.86 bits per heavy atom. The lowest BCUT2D eigenvalue weighted by atomic mass is 9.97. The fourth-order valence-corrected chi connectivity index (χ4v) is 3.43. The molecule has 7 heteroatoms. The lowest BCUT2D eigenvalue weighted by molar-refractivity contribution is -0.139. The maximum atomic E-state index is 11.9. The minimum absolute atomic E-state index is 0.0689. The van der Waals surface area contributed by atoms with E-state index in [1.807, 2.05) is 0 Å². The number of aliphatic carboxylic acids is 1. The van der Waals surface area contributed by atoms with Gasteiger partial charge in [-0.2, -0.15) is 0 Å². The Kier molecular flexibility index (Phi) is 4.30. The van der Waals surface area contributed by atoms with Crippen molar-refractivity contribution in [1.29, 1.82) is 0 Å². The Balaban J connectivity index is 1.34. The van der Waals surface area contributed by atoms with Crippen LogP contribution in [-0.4, -0.2) is 78.4 Å². The minimum Gasteiger partial charge on any atom is -0.481 e. The zero-order valence-electron chi connectivity index (χ0n) is 12.2. The van der Waals surface area contributed by atoms with Crippen molar-refractivity contribution in [3.8, 4) is 0 Å². The van der Waals surface area contributed by atoms with Crippen molar-refractivity contribution in [2.24, 2.45) is 5.92 Å². The molecule has 0 spiro atoms. The van der Waals surface area contributed by atoms with Crippen LogP contribution in [0.15, 0.2) is 0 Å². The van der Waals surface area contributed by atoms with Gasteiger partial charge >= 0.3 is 12.0 Å². The number of carbonyl (C=O) groups is 2. The first kappa shape index (κ1) is 14.6. The number of ether oxygens (including phenoxy) is 1. The number of amides is 2. The van der Waals surface area contributed by atoms with Crippen LogP contribution in [0.25, 0.3) is 0 Å². The van der Waals surface area contributed by atoms with E-state index in [9.17, 15) is 9.59 Å². The second-order valence-corrected chi connectivity index (χ2v) is 6.30. The Morgan fingerprint density at radius 1 is 1.29 bits per heavy atom. The molecule has 0 aromatic carbocycles. The number of nitrogens with one attached hydrogen (secondary N) is 1. The lowest BCUT2D eigenvalue weighted by Crippen LogP contribution is -2.56. The van der Waals surface area contributed by atoms with Gasteiger partial charge in [-0.1, -0.05) is 0 Å². The SMILES string of the molecule is O=C(O)CC1CN(C(=O)NCC2CN3CCCC3CO2)C1. The zero-order valence-corrected chi connectivity index (χ0v) is 12.2. The van der Waals surface area contributed by atoms with Crippen molar-refractivity contribution in [1.82, 2.24) is 15.1 Å². The topological polar surface area (TPSA) is 82.1 Å². The average molecular weight is 297 g/mol. The molecule has 21 heavy (non-hydrogen) atoms. The van der Waals surface area contributed by atoms with Crippen molar-refractivity contribution < 1.29 is 19.4 Å². The maximum Gasteiger partial charge on any atom is 0.317 e. The van der Waals surface area contributed by atoms with Crippen LogP contribution < -0.4 is 5.32 Å². The molecule has 3 saturated heterocycles. The predicted molar refractivity (Wildman–Crippen MR) is 75.0 cm³/mol. The van der Waals surface area contributed by atoms with Crippen molar-refractivity contribution in [2.45, 2.75) is 31.4 Å². The number of carboxylic acids is 1. The van der Waals surface area contributed by atoms with Gasteiger partial charge in [0.05, 0.1) is 19.1 Å². The van der Waals surface area contributed by atoms with E-state index in [4.69, 9.17) is 9.84 Å². The Bertz CT molecular complexity index is 411. The maximum absolute atomic E-state index is 11.9. The molecule has 0 radical (unpaired) electrons. The molecule has 0 aromatic heterocycles. The van der Waals surface area contributed by atoms with Gasteiger partial charge in [0.1, 0.15) is 0 Å². The third-order valence-corrected chi connectivity index (χ3v) is 4.65. The van der Waals surface area contributed by atoms with Gasteiger partial charge in [-0.05, 0) is 19.4 Å². The first-order valence-electron chi connectivity index (χ1n) is 7.72. The standard InChI is InChI=1S/C14H23N3O4/c18-13(19)4-10-6-17(7-10)14(20)15-5-12-8-16-3-1-2-11(16)9-21-12/h10-12H,1-9H2,(H,15,20)(H,18,19). The summed E-state index contributed by atoms with van der Waals surface area (Å²) in [4.78, 5) is 26.6. The van der Waals surface area contributed by atoms with Gasteiger partial charge < -0.3 is 20.1 Å². The highest BCUT2D eigenvalue weighted by atomic mass is 16.5. The number of hydrogen-bond donors (Lipinski definition) is 2. The number of rotatable bonds is 4. The van der Waals surface area contributed by atoms with Crippen LogP contribution in [0.1, 0.15) is 19.3 Å². The fraction of sp³-hybridized carbons (Fsp3) is 0.857. The third-order valence-electron chi connectivity index (χ3n) is 4.65. The summed E-state index contributed by atoms with van der Waals surface area (Å²) in [5.74, 6) is -0.694. The highest BCUT2D eigenvalue weighted by Crippen LogP contribution is 2.22. The molecule has 118 valence electrons. The van der Waals surface area contributed by atoms with E-state index in [-0.39, 0.29) is 24.5 Å². The van der Waals surface area contributed by atoms with Crippen LogP contribution in [0.2, 0.25) is 0 Å². The number of carboxylic acid groups (broad SMARTS) is 1.